The summed E-state index contributed by atoms with van der Waals surface area (Å²) in [6.07, 6.45) is 3.96. The lowest BCUT2D eigenvalue weighted by Crippen LogP contribution is -2.26. The van der Waals surface area contributed by atoms with Crippen LogP contribution in [0.1, 0.15) is 31.7 Å². The number of amides is 1. The number of fused-ring (bicyclic) bond motifs is 3. The van der Waals surface area contributed by atoms with Crippen LogP contribution in [0.2, 0.25) is 5.02 Å². The molecule has 1 N–H and O–H groups in total. The van der Waals surface area contributed by atoms with E-state index in [2.05, 4.69) is 5.32 Å². The largest absolute Gasteiger partial charge is 0.495 e. The highest BCUT2D eigenvalue weighted by Crippen LogP contribution is 2.34. The molecule has 1 amide bonds. The van der Waals surface area contributed by atoms with Crippen molar-refractivity contribution < 1.29 is 13.9 Å². The number of rotatable bonds is 6. The van der Waals surface area contributed by atoms with Crippen LogP contribution in [0.25, 0.3) is 22.1 Å². The number of furan rings is 1. The molecule has 0 unspecified atom stereocenters. The van der Waals surface area contributed by atoms with Crippen molar-refractivity contribution in [3.8, 4) is 5.75 Å². The Hall–Kier alpha value is -2.97. The zero-order chi connectivity index (χ0) is 22.9. The summed E-state index contributed by atoms with van der Waals surface area (Å²) in [5, 5.41) is 4.58. The highest BCUT2D eigenvalue weighted by Gasteiger charge is 2.25. The number of benzene rings is 2. The van der Waals surface area contributed by atoms with Gasteiger partial charge in [-0.1, -0.05) is 48.3 Å². The fourth-order valence-electron chi connectivity index (χ4n) is 4.29. The molecule has 9 heteroatoms. The molecule has 5 rings (SSSR count). The number of methoxy groups -OCH3 is 1. The molecule has 0 atom stereocenters. The van der Waals surface area contributed by atoms with Crippen molar-refractivity contribution in [2.75, 3.05) is 18.2 Å². The molecule has 1 aliphatic carbocycles. The summed E-state index contributed by atoms with van der Waals surface area (Å²) in [5.41, 5.74) is 1.82. The number of anilines is 1. The van der Waals surface area contributed by atoms with Crippen LogP contribution in [-0.2, 0) is 4.79 Å². The molecule has 2 aromatic carbocycles. The van der Waals surface area contributed by atoms with E-state index >= 15 is 0 Å². The molecule has 7 nitrogen and oxygen atoms in total. The van der Waals surface area contributed by atoms with E-state index in [0.29, 0.717) is 32.7 Å². The lowest BCUT2D eigenvalue weighted by molar-refractivity contribution is -0.113. The molecule has 2 aromatic heterocycles. The van der Waals surface area contributed by atoms with Gasteiger partial charge in [-0.2, -0.15) is 0 Å². The maximum absolute atomic E-state index is 13.4. The topological polar surface area (TPSA) is 86.4 Å². The molecule has 33 heavy (non-hydrogen) atoms. The van der Waals surface area contributed by atoms with Crippen LogP contribution in [0, 0.1) is 0 Å². The number of aromatic nitrogens is 2. The lowest BCUT2D eigenvalue weighted by Gasteiger charge is -2.17. The van der Waals surface area contributed by atoms with E-state index in [1.165, 1.54) is 18.9 Å². The molecule has 1 saturated carbocycles. The molecule has 0 spiro atoms. The number of hydrogen-bond donors (Lipinski definition) is 1. The zero-order valence-corrected chi connectivity index (χ0v) is 19.5. The second-order valence-electron chi connectivity index (χ2n) is 7.97. The predicted molar refractivity (Wildman–Crippen MR) is 131 cm³/mol. The van der Waals surface area contributed by atoms with Crippen molar-refractivity contribution in [3.63, 3.8) is 0 Å². The van der Waals surface area contributed by atoms with Crippen LogP contribution in [0.3, 0.4) is 0 Å². The van der Waals surface area contributed by atoms with E-state index in [1.54, 1.807) is 22.8 Å². The van der Waals surface area contributed by atoms with Gasteiger partial charge in [-0.05, 0) is 43.2 Å². The quantitative estimate of drug-likeness (QED) is 0.281. The minimum Gasteiger partial charge on any atom is -0.495 e. The van der Waals surface area contributed by atoms with Gasteiger partial charge < -0.3 is 14.5 Å². The number of thioether (sulfide) groups is 1. The van der Waals surface area contributed by atoms with Crippen LogP contribution in [-0.4, -0.2) is 28.3 Å². The maximum Gasteiger partial charge on any atom is 0.298 e. The summed E-state index contributed by atoms with van der Waals surface area (Å²) < 4.78 is 12.7. The number of ether oxygens (including phenoxy) is 1. The lowest BCUT2D eigenvalue weighted by atomic mass is 10.2. The Morgan fingerprint density at radius 1 is 1.27 bits per heavy atom. The number of carbonyl (C=O) groups is 1. The number of halogens is 1. The number of para-hydroxylation sites is 1. The summed E-state index contributed by atoms with van der Waals surface area (Å²) in [6, 6.07) is 12.6. The first-order valence-electron chi connectivity index (χ1n) is 10.7. The standard InChI is InChI=1S/C24H22ClN3O4S/c1-31-19-11-10-14(12-17(19)25)26-20(29)13-33-24-27-21-16-8-4-5-9-18(16)32-22(21)23(30)28(24)15-6-2-3-7-15/h4-5,8-12,15H,2-3,6-7,13H2,1H3,(H,26,29). The monoisotopic (exact) mass is 483 g/mol. The highest BCUT2D eigenvalue weighted by atomic mass is 35.5. The molecule has 0 radical (unpaired) electrons. The van der Waals surface area contributed by atoms with Crippen molar-refractivity contribution in [3.05, 3.63) is 57.8 Å². The first-order chi connectivity index (χ1) is 16.0. The van der Waals surface area contributed by atoms with Gasteiger partial charge in [-0.3, -0.25) is 14.2 Å². The van der Waals surface area contributed by atoms with Gasteiger partial charge in [0, 0.05) is 17.1 Å². The van der Waals surface area contributed by atoms with Gasteiger partial charge in [0.15, 0.2) is 5.16 Å². The van der Waals surface area contributed by atoms with E-state index in [0.717, 1.165) is 31.1 Å². The van der Waals surface area contributed by atoms with Gasteiger partial charge in [-0.25, -0.2) is 4.98 Å². The average Bonchev–Trinajstić information content (AvgIpc) is 3.46. The van der Waals surface area contributed by atoms with Crippen LogP contribution in [0.5, 0.6) is 5.75 Å². The Balaban J connectivity index is 1.45. The van der Waals surface area contributed by atoms with Gasteiger partial charge in [0.2, 0.25) is 11.5 Å². The minimum absolute atomic E-state index is 0.0635. The van der Waals surface area contributed by atoms with Crippen LogP contribution in [0.15, 0.2) is 56.8 Å². The van der Waals surface area contributed by atoms with E-state index < -0.39 is 0 Å². The third-order valence-electron chi connectivity index (χ3n) is 5.85. The molecule has 0 saturated heterocycles. The summed E-state index contributed by atoms with van der Waals surface area (Å²) in [4.78, 5) is 30.9. The fraction of sp³-hybridized carbons (Fsp3) is 0.292. The number of hydrogen-bond acceptors (Lipinski definition) is 6. The van der Waals surface area contributed by atoms with Crippen LogP contribution in [0.4, 0.5) is 5.69 Å². The summed E-state index contributed by atoms with van der Waals surface area (Å²) in [6.45, 7) is 0. The van der Waals surface area contributed by atoms with Crippen molar-refractivity contribution in [2.45, 2.75) is 36.9 Å². The Kier molecular flexibility index (Phi) is 6.03. The molecule has 2 heterocycles. The maximum atomic E-state index is 13.4. The fourth-order valence-corrected chi connectivity index (χ4v) is 5.41. The van der Waals surface area contributed by atoms with Gasteiger partial charge in [0.05, 0.1) is 17.9 Å². The van der Waals surface area contributed by atoms with Crippen LogP contribution >= 0.6 is 23.4 Å². The van der Waals surface area contributed by atoms with E-state index in [4.69, 9.17) is 25.7 Å². The number of nitrogens with one attached hydrogen (secondary N) is 1. The third-order valence-corrected chi connectivity index (χ3v) is 7.10. The van der Waals surface area contributed by atoms with E-state index in [1.807, 2.05) is 24.3 Å². The molecule has 1 aliphatic rings. The third kappa shape index (κ3) is 4.20. The van der Waals surface area contributed by atoms with E-state index in [9.17, 15) is 9.59 Å². The SMILES string of the molecule is COc1ccc(NC(=O)CSc2nc3c(oc4ccccc43)c(=O)n2C2CCCC2)cc1Cl. The van der Waals surface area contributed by atoms with Gasteiger partial charge in [0.25, 0.3) is 5.56 Å². The first kappa shape index (κ1) is 21.9. The van der Waals surface area contributed by atoms with Crippen molar-refractivity contribution in [1.29, 1.82) is 0 Å². The highest BCUT2D eigenvalue weighted by molar-refractivity contribution is 7.99. The summed E-state index contributed by atoms with van der Waals surface area (Å²) in [7, 11) is 1.53. The minimum atomic E-state index is -0.217. The number of nitrogens with zero attached hydrogens (tertiary/aromatic N) is 2. The molecule has 0 bridgehead atoms. The smallest absolute Gasteiger partial charge is 0.298 e. The zero-order valence-electron chi connectivity index (χ0n) is 18.0. The summed E-state index contributed by atoms with van der Waals surface area (Å²) >= 11 is 7.41. The van der Waals surface area contributed by atoms with E-state index in [-0.39, 0.29) is 28.8 Å². The Labute approximate surface area is 199 Å². The first-order valence-corrected chi connectivity index (χ1v) is 12.1. The van der Waals surface area contributed by atoms with Crippen molar-refractivity contribution in [1.82, 2.24) is 9.55 Å². The molecule has 0 aliphatic heterocycles. The Morgan fingerprint density at radius 2 is 2.06 bits per heavy atom. The van der Waals surface area contributed by atoms with Crippen molar-refractivity contribution >= 4 is 57.0 Å². The second kappa shape index (κ2) is 9.11. The molecule has 1 fully saturated rings. The predicted octanol–water partition coefficient (Wildman–Crippen LogP) is 5.65. The van der Waals surface area contributed by atoms with Gasteiger partial charge in [0.1, 0.15) is 16.8 Å². The summed E-state index contributed by atoms with van der Waals surface area (Å²) in [5.74, 6) is 0.421. The molecule has 4 aromatic rings. The Morgan fingerprint density at radius 3 is 2.82 bits per heavy atom. The molecular formula is C24H22ClN3O4S. The normalized spacial score (nSPS) is 14.2. The van der Waals surface area contributed by atoms with Gasteiger partial charge >= 0.3 is 0 Å². The average molecular weight is 484 g/mol. The Bertz CT molecular complexity index is 1410. The molecule has 170 valence electrons. The number of carbonyl (C=O) groups excluding carboxylic acids is 1. The van der Waals surface area contributed by atoms with Crippen LogP contribution < -0.4 is 15.6 Å². The van der Waals surface area contributed by atoms with Crippen molar-refractivity contribution in [2.24, 2.45) is 0 Å². The van der Waals surface area contributed by atoms with Gasteiger partial charge in [-0.15, -0.1) is 0 Å². The second-order valence-corrected chi connectivity index (χ2v) is 9.32. The molecular weight excluding hydrogens is 462 g/mol.